The molecular formula is C24H31N5. The van der Waals surface area contributed by atoms with E-state index in [1.165, 1.54) is 55.2 Å². The molecule has 0 radical (unpaired) electrons. The SMILES string of the molecule is CCc1ccnc(N2CCC3(CCCN(Cc4c[nH]c5ccccc45)C3)CC2)n1. The molecule has 0 aliphatic carbocycles. The van der Waals surface area contributed by atoms with Gasteiger partial charge in [-0.25, -0.2) is 9.97 Å². The summed E-state index contributed by atoms with van der Waals surface area (Å²) in [6.45, 7) is 7.80. The molecule has 5 heteroatoms. The first kappa shape index (κ1) is 18.6. The maximum absolute atomic E-state index is 4.74. The van der Waals surface area contributed by atoms with Crippen LogP contribution in [-0.2, 0) is 13.0 Å². The lowest BCUT2D eigenvalue weighted by atomic mass is 9.72. The largest absolute Gasteiger partial charge is 0.361 e. The number of hydrogen-bond acceptors (Lipinski definition) is 4. The third kappa shape index (κ3) is 3.76. The summed E-state index contributed by atoms with van der Waals surface area (Å²) in [6, 6.07) is 10.7. The Hall–Kier alpha value is -2.40. The Morgan fingerprint density at radius 3 is 2.79 bits per heavy atom. The number of aromatic amines is 1. The second-order valence-corrected chi connectivity index (χ2v) is 8.86. The fourth-order valence-electron chi connectivity index (χ4n) is 5.27. The average molecular weight is 390 g/mol. The first-order valence-electron chi connectivity index (χ1n) is 11.1. The van der Waals surface area contributed by atoms with Gasteiger partial charge in [0.1, 0.15) is 0 Å². The molecule has 0 unspecified atom stereocenters. The summed E-state index contributed by atoms with van der Waals surface area (Å²) < 4.78 is 0. The van der Waals surface area contributed by atoms with E-state index in [9.17, 15) is 0 Å². The molecule has 2 aromatic heterocycles. The van der Waals surface area contributed by atoms with Gasteiger partial charge in [0.25, 0.3) is 0 Å². The van der Waals surface area contributed by atoms with Crippen LogP contribution in [0.1, 0.15) is 43.9 Å². The van der Waals surface area contributed by atoms with E-state index >= 15 is 0 Å². The highest BCUT2D eigenvalue weighted by Crippen LogP contribution is 2.41. The van der Waals surface area contributed by atoms with Gasteiger partial charge in [0, 0.05) is 55.2 Å². The quantitative estimate of drug-likeness (QED) is 0.718. The van der Waals surface area contributed by atoms with E-state index in [0.717, 1.165) is 37.7 Å². The summed E-state index contributed by atoms with van der Waals surface area (Å²) in [5, 5.41) is 1.37. The van der Waals surface area contributed by atoms with Crippen LogP contribution < -0.4 is 4.90 Å². The summed E-state index contributed by atoms with van der Waals surface area (Å²) >= 11 is 0. The molecule has 5 rings (SSSR count). The monoisotopic (exact) mass is 389 g/mol. The van der Waals surface area contributed by atoms with Gasteiger partial charge in [0.05, 0.1) is 0 Å². The van der Waals surface area contributed by atoms with Crippen LogP contribution in [0.3, 0.4) is 0 Å². The number of nitrogens with zero attached hydrogens (tertiary/aromatic N) is 4. The number of H-pyrrole nitrogens is 1. The number of aryl methyl sites for hydroxylation is 1. The Bertz CT molecular complexity index is 970. The number of benzene rings is 1. The standard InChI is InChI=1S/C24H31N5/c1-2-20-8-12-25-23(27-20)29-14-10-24(11-15-29)9-5-13-28(18-24)17-19-16-26-22-7-4-3-6-21(19)22/h3-4,6-8,12,16,26H,2,5,9-11,13-15,17-18H2,1H3. The van der Waals surface area contributed by atoms with Crippen LogP contribution in [0.5, 0.6) is 0 Å². The molecule has 1 aromatic carbocycles. The number of fused-ring (bicyclic) bond motifs is 1. The summed E-state index contributed by atoms with van der Waals surface area (Å²) in [5.41, 5.74) is 4.28. The van der Waals surface area contributed by atoms with Gasteiger partial charge in [-0.05, 0) is 61.8 Å². The second-order valence-electron chi connectivity index (χ2n) is 8.86. The molecule has 0 saturated carbocycles. The van der Waals surface area contributed by atoms with Crippen LogP contribution in [0.4, 0.5) is 5.95 Å². The van der Waals surface area contributed by atoms with Crippen molar-refractivity contribution in [3.05, 3.63) is 54.0 Å². The molecule has 1 N–H and O–H groups in total. The number of piperidine rings is 2. The second kappa shape index (κ2) is 7.79. The Balaban J connectivity index is 1.25. The lowest BCUT2D eigenvalue weighted by Crippen LogP contribution is -2.49. The van der Waals surface area contributed by atoms with E-state index in [2.05, 4.69) is 57.2 Å². The van der Waals surface area contributed by atoms with Crippen molar-refractivity contribution < 1.29 is 0 Å². The molecule has 0 atom stereocenters. The van der Waals surface area contributed by atoms with Crippen molar-refractivity contribution in [1.29, 1.82) is 0 Å². The minimum Gasteiger partial charge on any atom is -0.361 e. The molecule has 4 heterocycles. The highest BCUT2D eigenvalue weighted by Gasteiger charge is 2.38. The van der Waals surface area contributed by atoms with Crippen LogP contribution in [0.15, 0.2) is 42.7 Å². The van der Waals surface area contributed by atoms with Crippen molar-refractivity contribution in [2.24, 2.45) is 5.41 Å². The third-order valence-electron chi connectivity index (χ3n) is 6.98. The molecule has 152 valence electrons. The van der Waals surface area contributed by atoms with Crippen molar-refractivity contribution in [2.45, 2.75) is 45.6 Å². The molecule has 1 spiro atoms. The first-order chi connectivity index (χ1) is 14.2. The highest BCUT2D eigenvalue weighted by atomic mass is 15.3. The van der Waals surface area contributed by atoms with Crippen molar-refractivity contribution in [1.82, 2.24) is 19.9 Å². The van der Waals surface area contributed by atoms with Gasteiger partial charge < -0.3 is 9.88 Å². The van der Waals surface area contributed by atoms with E-state index < -0.39 is 0 Å². The first-order valence-corrected chi connectivity index (χ1v) is 11.1. The van der Waals surface area contributed by atoms with Gasteiger partial charge in [0.2, 0.25) is 5.95 Å². The Morgan fingerprint density at radius 1 is 1.07 bits per heavy atom. The molecule has 5 nitrogen and oxygen atoms in total. The van der Waals surface area contributed by atoms with Crippen LogP contribution in [-0.4, -0.2) is 46.0 Å². The molecule has 2 aliphatic rings. The molecule has 3 aromatic rings. The van der Waals surface area contributed by atoms with Crippen molar-refractivity contribution in [3.8, 4) is 0 Å². The van der Waals surface area contributed by atoms with Crippen LogP contribution in [0.25, 0.3) is 10.9 Å². The van der Waals surface area contributed by atoms with Crippen LogP contribution in [0, 0.1) is 5.41 Å². The Kier molecular flexibility index (Phi) is 5.00. The zero-order valence-corrected chi connectivity index (χ0v) is 17.4. The van der Waals surface area contributed by atoms with Crippen LogP contribution >= 0.6 is 0 Å². The molecular weight excluding hydrogens is 358 g/mol. The number of para-hydroxylation sites is 1. The normalized spacial score (nSPS) is 19.8. The van der Waals surface area contributed by atoms with E-state index in [1.54, 1.807) is 0 Å². The molecule has 29 heavy (non-hydrogen) atoms. The predicted octanol–water partition coefficient (Wildman–Crippen LogP) is 4.40. The van der Waals surface area contributed by atoms with Gasteiger partial charge in [-0.2, -0.15) is 0 Å². The molecule has 2 aliphatic heterocycles. The fourth-order valence-corrected chi connectivity index (χ4v) is 5.27. The zero-order chi connectivity index (χ0) is 19.7. The summed E-state index contributed by atoms with van der Waals surface area (Å²) in [7, 11) is 0. The number of rotatable bonds is 4. The molecule has 2 fully saturated rings. The zero-order valence-electron chi connectivity index (χ0n) is 17.4. The van der Waals surface area contributed by atoms with Crippen molar-refractivity contribution in [2.75, 3.05) is 31.1 Å². The molecule has 2 saturated heterocycles. The number of anilines is 1. The van der Waals surface area contributed by atoms with E-state index in [1.807, 2.05) is 12.3 Å². The maximum atomic E-state index is 4.74. The molecule has 0 bridgehead atoms. The summed E-state index contributed by atoms with van der Waals surface area (Å²) in [4.78, 5) is 17.8. The Labute approximate surface area is 173 Å². The minimum absolute atomic E-state index is 0.462. The summed E-state index contributed by atoms with van der Waals surface area (Å²) in [5.74, 6) is 0.922. The third-order valence-corrected chi connectivity index (χ3v) is 6.98. The van der Waals surface area contributed by atoms with Gasteiger partial charge in [-0.3, -0.25) is 4.90 Å². The number of likely N-dealkylation sites (tertiary alicyclic amines) is 1. The van der Waals surface area contributed by atoms with E-state index in [-0.39, 0.29) is 0 Å². The topological polar surface area (TPSA) is 48.1 Å². The van der Waals surface area contributed by atoms with E-state index in [4.69, 9.17) is 4.98 Å². The van der Waals surface area contributed by atoms with Crippen LogP contribution in [0.2, 0.25) is 0 Å². The van der Waals surface area contributed by atoms with Gasteiger partial charge in [-0.15, -0.1) is 0 Å². The van der Waals surface area contributed by atoms with E-state index in [0.29, 0.717) is 5.41 Å². The lowest BCUT2D eigenvalue weighted by Gasteiger charge is -2.47. The van der Waals surface area contributed by atoms with Crippen molar-refractivity contribution in [3.63, 3.8) is 0 Å². The maximum Gasteiger partial charge on any atom is 0.225 e. The number of hydrogen-bond donors (Lipinski definition) is 1. The smallest absolute Gasteiger partial charge is 0.225 e. The highest BCUT2D eigenvalue weighted by molar-refractivity contribution is 5.82. The average Bonchev–Trinajstić information content (AvgIpc) is 3.17. The molecule has 0 amide bonds. The lowest BCUT2D eigenvalue weighted by molar-refractivity contribution is 0.0605. The fraction of sp³-hybridized carbons (Fsp3) is 0.500. The Morgan fingerprint density at radius 2 is 1.93 bits per heavy atom. The predicted molar refractivity (Wildman–Crippen MR) is 118 cm³/mol. The van der Waals surface area contributed by atoms with Gasteiger partial charge >= 0.3 is 0 Å². The summed E-state index contributed by atoms with van der Waals surface area (Å²) in [6.07, 6.45) is 10.2. The minimum atomic E-state index is 0.462. The van der Waals surface area contributed by atoms with Gasteiger partial charge in [0.15, 0.2) is 0 Å². The van der Waals surface area contributed by atoms with Crippen molar-refractivity contribution >= 4 is 16.9 Å². The van der Waals surface area contributed by atoms with Gasteiger partial charge in [-0.1, -0.05) is 25.1 Å². The number of nitrogens with one attached hydrogen (secondary N) is 1. The number of aromatic nitrogens is 3.